The molecule has 2 aromatic carbocycles. The number of rotatable bonds is 8. The minimum atomic E-state index is -0.808. The molecule has 0 aromatic heterocycles. The summed E-state index contributed by atoms with van der Waals surface area (Å²) in [6.07, 6.45) is 0.809. The van der Waals surface area contributed by atoms with Crippen LogP contribution in [-0.2, 0) is 14.3 Å². The number of carboxylic acid groups (broad SMARTS) is 1. The number of likely N-dealkylation sites (N-methyl/N-ethyl adjacent to an activating group) is 1. The molecule has 8 nitrogen and oxygen atoms in total. The van der Waals surface area contributed by atoms with Gasteiger partial charge in [0.2, 0.25) is 5.91 Å². The second-order valence-electron chi connectivity index (χ2n) is 9.65. The van der Waals surface area contributed by atoms with Crippen LogP contribution in [0.15, 0.2) is 48.5 Å². The number of amides is 2. The lowest BCUT2D eigenvalue weighted by Gasteiger charge is -2.34. The quantitative estimate of drug-likeness (QED) is 0.604. The highest BCUT2D eigenvalue weighted by Gasteiger charge is 2.32. The zero-order valence-electron chi connectivity index (χ0n) is 20.3. The van der Waals surface area contributed by atoms with E-state index in [9.17, 15) is 14.4 Å². The Morgan fingerprint density at radius 3 is 2.14 bits per heavy atom. The molecule has 1 saturated heterocycles. The Labute approximate surface area is 205 Å². The molecule has 2 N–H and O–H groups in total. The highest BCUT2D eigenvalue weighted by atomic mass is 16.5. The number of nitrogens with one attached hydrogen (secondary N) is 1. The van der Waals surface area contributed by atoms with E-state index in [-0.39, 0.29) is 30.8 Å². The summed E-state index contributed by atoms with van der Waals surface area (Å²) < 4.78 is 5.65. The average Bonchev–Trinajstić information content (AvgIpc) is 3.15. The number of benzene rings is 2. The summed E-state index contributed by atoms with van der Waals surface area (Å²) >= 11 is 0. The van der Waals surface area contributed by atoms with Gasteiger partial charge in [0, 0.05) is 32.0 Å². The van der Waals surface area contributed by atoms with Crippen LogP contribution >= 0.6 is 0 Å². The van der Waals surface area contributed by atoms with E-state index in [1.54, 1.807) is 4.90 Å². The molecule has 2 aromatic rings. The lowest BCUT2D eigenvalue weighted by atomic mass is 9.93. The third-order valence-electron chi connectivity index (χ3n) is 6.87. The summed E-state index contributed by atoms with van der Waals surface area (Å²) in [5.74, 6) is -0.943. The number of piperidine rings is 1. The summed E-state index contributed by atoms with van der Waals surface area (Å²) in [5.41, 5.74) is 4.58. The van der Waals surface area contributed by atoms with Crippen LogP contribution in [0, 0.1) is 5.92 Å². The summed E-state index contributed by atoms with van der Waals surface area (Å²) in [7, 11) is 3.69. The molecule has 2 amide bonds. The first-order valence-corrected chi connectivity index (χ1v) is 12.1. The minimum Gasteiger partial charge on any atom is -0.481 e. The third kappa shape index (κ3) is 5.82. The van der Waals surface area contributed by atoms with Crippen molar-refractivity contribution in [3.8, 4) is 11.1 Å². The number of aliphatic carboxylic acids is 1. The van der Waals surface area contributed by atoms with Gasteiger partial charge in [-0.25, -0.2) is 4.79 Å². The van der Waals surface area contributed by atoms with Crippen molar-refractivity contribution in [3.05, 3.63) is 59.7 Å². The van der Waals surface area contributed by atoms with Crippen LogP contribution < -0.4 is 5.32 Å². The van der Waals surface area contributed by atoms with Crippen LogP contribution in [0.3, 0.4) is 0 Å². The molecule has 0 unspecified atom stereocenters. The monoisotopic (exact) mass is 479 g/mol. The largest absolute Gasteiger partial charge is 0.481 e. The third-order valence-corrected chi connectivity index (χ3v) is 6.87. The van der Waals surface area contributed by atoms with Crippen molar-refractivity contribution in [3.63, 3.8) is 0 Å². The normalized spacial score (nSPS) is 16.5. The van der Waals surface area contributed by atoms with Gasteiger partial charge in [-0.2, -0.15) is 0 Å². The van der Waals surface area contributed by atoms with Crippen LogP contribution in [0.1, 0.15) is 36.3 Å². The van der Waals surface area contributed by atoms with E-state index in [2.05, 4.69) is 29.6 Å². The molecule has 8 heteroatoms. The maximum Gasteiger partial charge on any atom is 0.407 e. The Hall–Kier alpha value is -3.39. The van der Waals surface area contributed by atoms with E-state index in [4.69, 9.17) is 9.84 Å². The Balaban J connectivity index is 1.37. The second kappa shape index (κ2) is 10.9. The second-order valence-corrected chi connectivity index (χ2v) is 9.65. The van der Waals surface area contributed by atoms with Crippen LogP contribution in [0.25, 0.3) is 11.1 Å². The Morgan fingerprint density at radius 1 is 1.03 bits per heavy atom. The molecule has 1 atom stereocenters. The van der Waals surface area contributed by atoms with Crippen LogP contribution in [-0.4, -0.2) is 79.3 Å². The van der Waals surface area contributed by atoms with Crippen molar-refractivity contribution in [1.82, 2.24) is 15.1 Å². The summed E-state index contributed by atoms with van der Waals surface area (Å²) in [5, 5.41) is 11.8. The lowest BCUT2D eigenvalue weighted by Crippen LogP contribution is -2.54. The van der Waals surface area contributed by atoms with Gasteiger partial charge in [0.25, 0.3) is 0 Å². The number of carbonyl (C=O) groups excluding carboxylic acids is 2. The molecule has 1 fully saturated rings. The zero-order valence-corrected chi connectivity index (χ0v) is 20.3. The average molecular weight is 480 g/mol. The molecule has 0 bridgehead atoms. The van der Waals surface area contributed by atoms with E-state index in [1.165, 1.54) is 0 Å². The SMILES string of the molecule is CN(C)C[C@H](NC(=O)OCC1c2ccccc2-c2ccccc21)C(=O)N1CCC(CC(=O)O)CC1. The number of ether oxygens (including phenoxy) is 1. The van der Waals surface area contributed by atoms with E-state index in [0.717, 1.165) is 22.3 Å². The molecule has 1 heterocycles. The number of alkyl carbamates (subject to hydrolysis) is 1. The van der Waals surface area contributed by atoms with Crippen molar-refractivity contribution in [2.75, 3.05) is 40.3 Å². The van der Waals surface area contributed by atoms with Crippen LogP contribution in [0.2, 0.25) is 0 Å². The van der Waals surface area contributed by atoms with Crippen LogP contribution in [0.5, 0.6) is 0 Å². The number of nitrogens with zero attached hydrogens (tertiary/aromatic N) is 2. The number of carbonyl (C=O) groups is 3. The van der Waals surface area contributed by atoms with Gasteiger partial charge in [0.1, 0.15) is 12.6 Å². The molecule has 0 saturated carbocycles. The Kier molecular flexibility index (Phi) is 7.70. The first-order chi connectivity index (χ1) is 16.8. The number of hydrogen-bond acceptors (Lipinski definition) is 5. The summed E-state index contributed by atoms with van der Waals surface area (Å²) in [6.45, 7) is 1.52. The minimum absolute atomic E-state index is 0.0515. The first-order valence-electron chi connectivity index (χ1n) is 12.1. The predicted molar refractivity (Wildman–Crippen MR) is 132 cm³/mol. The fraction of sp³-hybridized carbons (Fsp3) is 0.444. The molecule has 35 heavy (non-hydrogen) atoms. The van der Waals surface area contributed by atoms with Crippen LogP contribution in [0.4, 0.5) is 4.79 Å². The van der Waals surface area contributed by atoms with Crippen molar-refractivity contribution >= 4 is 18.0 Å². The van der Waals surface area contributed by atoms with Crippen molar-refractivity contribution in [2.24, 2.45) is 5.92 Å². The molecule has 0 radical (unpaired) electrons. The van der Waals surface area contributed by atoms with E-state index >= 15 is 0 Å². The van der Waals surface area contributed by atoms with Crippen molar-refractivity contribution in [1.29, 1.82) is 0 Å². The maximum absolute atomic E-state index is 13.2. The maximum atomic E-state index is 13.2. The molecule has 2 aliphatic rings. The molecule has 4 rings (SSSR count). The summed E-state index contributed by atoms with van der Waals surface area (Å²) in [6, 6.07) is 15.5. The van der Waals surface area contributed by atoms with Gasteiger partial charge in [-0.15, -0.1) is 0 Å². The van der Waals surface area contributed by atoms with Gasteiger partial charge in [-0.05, 0) is 55.1 Å². The highest BCUT2D eigenvalue weighted by molar-refractivity contribution is 5.86. The number of likely N-dealkylation sites (tertiary alicyclic amines) is 1. The fourth-order valence-corrected chi connectivity index (χ4v) is 5.16. The zero-order chi connectivity index (χ0) is 24.9. The van der Waals surface area contributed by atoms with Crippen molar-refractivity contribution < 1.29 is 24.2 Å². The van der Waals surface area contributed by atoms with Gasteiger partial charge in [-0.3, -0.25) is 9.59 Å². The standard InChI is InChI=1S/C27H33N3O5/c1-29(2)16-24(26(33)30-13-11-18(12-14-30)15-25(31)32)28-27(34)35-17-23-21-9-5-3-7-19(21)20-8-4-6-10-22(20)23/h3-10,18,23-24H,11-17H2,1-2H3,(H,28,34)(H,31,32)/t24-/m0/s1. The van der Waals surface area contributed by atoms with E-state index in [0.29, 0.717) is 32.5 Å². The fourth-order valence-electron chi connectivity index (χ4n) is 5.16. The van der Waals surface area contributed by atoms with Gasteiger partial charge in [0.15, 0.2) is 0 Å². The smallest absolute Gasteiger partial charge is 0.407 e. The van der Waals surface area contributed by atoms with Crippen molar-refractivity contribution in [2.45, 2.75) is 31.2 Å². The molecule has 0 spiro atoms. The molecular weight excluding hydrogens is 446 g/mol. The Morgan fingerprint density at radius 2 is 1.60 bits per heavy atom. The van der Waals surface area contributed by atoms with Gasteiger partial charge in [0.05, 0.1) is 0 Å². The topological polar surface area (TPSA) is 99.2 Å². The predicted octanol–water partition coefficient (Wildman–Crippen LogP) is 3.17. The highest BCUT2D eigenvalue weighted by Crippen LogP contribution is 2.44. The lowest BCUT2D eigenvalue weighted by molar-refractivity contribution is -0.139. The molecule has 1 aliphatic heterocycles. The summed E-state index contributed by atoms with van der Waals surface area (Å²) in [4.78, 5) is 40.5. The molecule has 186 valence electrons. The van der Waals surface area contributed by atoms with Gasteiger partial charge < -0.3 is 25.0 Å². The first kappa shape index (κ1) is 24.7. The van der Waals surface area contributed by atoms with Gasteiger partial charge in [-0.1, -0.05) is 48.5 Å². The van der Waals surface area contributed by atoms with E-state index < -0.39 is 18.1 Å². The Bertz CT molecular complexity index is 1030. The number of fused-ring (bicyclic) bond motifs is 3. The van der Waals surface area contributed by atoms with E-state index in [1.807, 2.05) is 43.3 Å². The van der Waals surface area contributed by atoms with Gasteiger partial charge >= 0.3 is 12.1 Å². The molecule has 1 aliphatic carbocycles. The molecular formula is C27H33N3O5. The number of carboxylic acids is 1. The number of hydrogen-bond donors (Lipinski definition) is 2.